The molecule has 4 nitrogen and oxygen atoms in total. The number of aromatic nitrogens is 2. The normalized spacial score (nSPS) is 16.6. The van der Waals surface area contributed by atoms with Crippen molar-refractivity contribution in [3.8, 4) is 0 Å². The summed E-state index contributed by atoms with van der Waals surface area (Å²) in [6.45, 7) is 0. The fraction of sp³-hybridized carbons (Fsp3) is 0.200. The Hall–Kier alpha value is -2.02. The second kappa shape index (κ2) is 17.4. The minimum Gasteiger partial charge on any atom is -0.358 e. The average Bonchev–Trinajstić information content (AvgIpc) is 2.81. The van der Waals surface area contributed by atoms with Gasteiger partial charge in [0.2, 0.25) is 0 Å². The van der Waals surface area contributed by atoms with Gasteiger partial charge in [0.05, 0.1) is 34.5 Å². The maximum atomic E-state index is 4.88. The van der Waals surface area contributed by atoms with E-state index in [1.807, 2.05) is 61.0 Å². The molecule has 0 N–H and O–H groups in total. The van der Waals surface area contributed by atoms with Gasteiger partial charge in [-0.2, -0.15) is 0 Å². The molecule has 2 heterocycles. The number of aliphatic imine (C=N–C) groups is 2. The van der Waals surface area contributed by atoms with Crippen LogP contribution in [0.2, 0.25) is 0 Å². The Kier molecular flexibility index (Phi) is 17.5. The first-order chi connectivity index (χ1) is 14.8. The first-order valence-electron chi connectivity index (χ1n) is 10.6. The standard InChI is InChI=1S/C26H24N4.4CH3.2Pt/c1-3-9-23-19(7-1)13-15-21(29-23)17-27-25-11-5-6-12-26(25)28-18-22-16-14-20-8-2-4-10-24(20)30-22;;;;;;/h1-4,7-10,13-18,25-26H,5-6,11-12H2;4*1H3;;/q;4*-1;2*+2. The number of hydrogen-bond donors (Lipinski definition) is 0. The van der Waals surface area contributed by atoms with Crippen molar-refractivity contribution in [2.24, 2.45) is 9.98 Å². The predicted molar refractivity (Wildman–Crippen MR) is 150 cm³/mol. The minimum atomic E-state index is 0. The largest absolute Gasteiger partial charge is 2.00 e. The molecule has 2 aromatic heterocycles. The molecule has 1 aliphatic carbocycles. The zero-order valence-corrected chi connectivity index (χ0v) is 26.0. The van der Waals surface area contributed by atoms with Crippen molar-refractivity contribution in [3.05, 3.63) is 114 Å². The third-order valence-electron chi connectivity index (χ3n) is 5.73. The van der Waals surface area contributed by atoms with Crippen molar-refractivity contribution >= 4 is 34.2 Å². The van der Waals surface area contributed by atoms with Crippen LogP contribution in [0.4, 0.5) is 0 Å². The quantitative estimate of drug-likeness (QED) is 0.159. The van der Waals surface area contributed by atoms with Gasteiger partial charge in [0.1, 0.15) is 0 Å². The fourth-order valence-electron chi connectivity index (χ4n) is 4.09. The summed E-state index contributed by atoms with van der Waals surface area (Å²) in [6.07, 6.45) is 8.37. The molecule has 0 radical (unpaired) electrons. The molecule has 6 heteroatoms. The van der Waals surface area contributed by atoms with Gasteiger partial charge in [-0.15, -0.1) is 0 Å². The predicted octanol–water partition coefficient (Wildman–Crippen LogP) is 7.43. The molecule has 0 amide bonds. The SMILES string of the molecule is C(=NC1CCCCC1N=Cc1ccc2ccccc2n1)c1ccc2ccccc2n1.[CH3-].[CH3-].[CH3-].[CH3-].[Pt+2].[Pt+2]. The van der Waals surface area contributed by atoms with Gasteiger partial charge in [0, 0.05) is 23.2 Å². The van der Waals surface area contributed by atoms with Crippen LogP contribution in [-0.2, 0) is 42.1 Å². The van der Waals surface area contributed by atoms with Crippen LogP contribution in [0.1, 0.15) is 37.1 Å². The van der Waals surface area contributed by atoms with Gasteiger partial charge >= 0.3 is 42.1 Å². The van der Waals surface area contributed by atoms with Gasteiger partial charge in [-0.05, 0) is 37.1 Å². The molecule has 1 aliphatic rings. The first-order valence-corrected chi connectivity index (χ1v) is 10.6. The molecule has 4 aromatic rings. The van der Waals surface area contributed by atoms with Gasteiger partial charge in [0.15, 0.2) is 0 Å². The van der Waals surface area contributed by atoms with Crippen LogP contribution in [0.25, 0.3) is 21.8 Å². The summed E-state index contributed by atoms with van der Waals surface area (Å²) in [6, 6.07) is 25.0. The number of para-hydroxylation sites is 2. The van der Waals surface area contributed by atoms with Gasteiger partial charge in [-0.3, -0.25) is 9.98 Å². The van der Waals surface area contributed by atoms with E-state index < -0.39 is 0 Å². The Labute approximate surface area is 246 Å². The fourth-order valence-corrected chi connectivity index (χ4v) is 4.09. The molecule has 2 aromatic carbocycles. The zero-order valence-electron chi connectivity index (χ0n) is 21.5. The van der Waals surface area contributed by atoms with Crippen LogP contribution < -0.4 is 0 Å². The van der Waals surface area contributed by atoms with Crippen molar-refractivity contribution in [1.29, 1.82) is 0 Å². The summed E-state index contributed by atoms with van der Waals surface area (Å²) in [7, 11) is 0. The van der Waals surface area contributed by atoms with Gasteiger partial charge in [-0.1, -0.05) is 61.4 Å². The van der Waals surface area contributed by atoms with Gasteiger partial charge in [-0.25, -0.2) is 9.97 Å². The van der Waals surface area contributed by atoms with E-state index in [9.17, 15) is 0 Å². The van der Waals surface area contributed by atoms with Crippen LogP contribution in [-0.4, -0.2) is 34.5 Å². The Morgan fingerprint density at radius 3 is 1.36 bits per heavy atom. The summed E-state index contributed by atoms with van der Waals surface area (Å²) < 4.78 is 0. The second-order valence-corrected chi connectivity index (χ2v) is 7.83. The van der Waals surface area contributed by atoms with Gasteiger partial charge in [0.25, 0.3) is 0 Å². The Morgan fingerprint density at radius 1 is 0.556 bits per heavy atom. The van der Waals surface area contributed by atoms with E-state index in [0.29, 0.717) is 0 Å². The maximum absolute atomic E-state index is 4.88. The van der Waals surface area contributed by atoms with E-state index in [2.05, 4.69) is 24.3 Å². The van der Waals surface area contributed by atoms with Crippen LogP contribution in [0.3, 0.4) is 0 Å². The smallest absolute Gasteiger partial charge is 0.358 e. The topological polar surface area (TPSA) is 50.5 Å². The molecule has 2 atom stereocenters. The third-order valence-corrected chi connectivity index (χ3v) is 5.73. The van der Waals surface area contributed by atoms with E-state index >= 15 is 0 Å². The van der Waals surface area contributed by atoms with E-state index in [0.717, 1.165) is 46.0 Å². The number of nitrogens with zero attached hydrogens (tertiary/aromatic N) is 4. The molecule has 0 saturated heterocycles. The van der Waals surface area contributed by atoms with E-state index in [1.165, 1.54) is 12.8 Å². The van der Waals surface area contributed by atoms with Crippen molar-refractivity contribution in [1.82, 2.24) is 9.97 Å². The molecular formula is C30H36N4Pt2. The number of hydrogen-bond acceptors (Lipinski definition) is 4. The monoisotopic (exact) mass is 842 g/mol. The van der Waals surface area contributed by atoms with Crippen LogP contribution in [0.5, 0.6) is 0 Å². The minimum absolute atomic E-state index is 0. The van der Waals surface area contributed by atoms with Crippen LogP contribution in [0, 0.1) is 29.7 Å². The van der Waals surface area contributed by atoms with Gasteiger partial charge < -0.3 is 29.7 Å². The maximum Gasteiger partial charge on any atom is 2.00 e. The third kappa shape index (κ3) is 8.82. The summed E-state index contributed by atoms with van der Waals surface area (Å²) in [5, 5.41) is 2.30. The Balaban J connectivity index is 0. The molecule has 5 rings (SSSR count). The van der Waals surface area contributed by atoms with Crippen LogP contribution >= 0.6 is 0 Å². The molecule has 36 heavy (non-hydrogen) atoms. The zero-order chi connectivity index (χ0) is 20.2. The number of benzene rings is 2. The Morgan fingerprint density at radius 2 is 0.944 bits per heavy atom. The van der Waals surface area contributed by atoms with E-state index in [-0.39, 0.29) is 83.9 Å². The molecule has 0 aliphatic heterocycles. The summed E-state index contributed by atoms with van der Waals surface area (Å²) in [4.78, 5) is 19.2. The molecule has 0 bridgehead atoms. The molecule has 196 valence electrons. The number of fused-ring (bicyclic) bond motifs is 2. The molecule has 2 unspecified atom stereocenters. The molecule has 0 spiro atoms. The molecule has 1 fully saturated rings. The summed E-state index contributed by atoms with van der Waals surface area (Å²) >= 11 is 0. The molecular weight excluding hydrogens is 807 g/mol. The van der Waals surface area contributed by atoms with Crippen molar-refractivity contribution in [3.63, 3.8) is 0 Å². The summed E-state index contributed by atoms with van der Waals surface area (Å²) in [5.41, 5.74) is 3.81. The summed E-state index contributed by atoms with van der Waals surface area (Å²) in [5.74, 6) is 0. The second-order valence-electron chi connectivity index (χ2n) is 7.83. The van der Waals surface area contributed by atoms with E-state index in [1.54, 1.807) is 0 Å². The molecule has 1 saturated carbocycles. The van der Waals surface area contributed by atoms with Crippen LogP contribution in [0.15, 0.2) is 82.8 Å². The van der Waals surface area contributed by atoms with Crippen molar-refractivity contribution < 1.29 is 42.1 Å². The Bertz CT molecular complexity index is 1140. The number of pyridine rings is 2. The average molecular weight is 843 g/mol. The van der Waals surface area contributed by atoms with Crippen molar-refractivity contribution in [2.45, 2.75) is 37.8 Å². The van der Waals surface area contributed by atoms with Crippen molar-refractivity contribution in [2.75, 3.05) is 0 Å². The first kappa shape index (κ1) is 36.1. The van der Waals surface area contributed by atoms with E-state index in [4.69, 9.17) is 20.0 Å². The number of rotatable bonds is 4.